The summed E-state index contributed by atoms with van der Waals surface area (Å²) >= 11 is 5.76. The quantitative estimate of drug-likeness (QED) is 0.512. The lowest BCUT2D eigenvalue weighted by Gasteiger charge is -2.08. The Morgan fingerprint density at radius 1 is 1.17 bits per heavy atom. The maximum atomic E-state index is 5.76. The fourth-order valence-electron chi connectivity index (χ4n) is 1.37. The fraction of sp³-hybridized carbons (Fsp3) is 0.615. The third kappa shape index (κ3) is 5.67. The summed E-state index contributed by atoms with van der Waals surface area (Å²) in [6.07, 6.45) is 0.835. The van der Waals surface area contributed by atoms with E-state index >= 15 is 0 Å². The van der Waals surface area contributed by atoms with E-state index in [1.165, 1.54) is 0 Å². The fourth-order valence-corrected chi connectivity index (χ4v) is 1.65. The molecule has 18 heavy (non-hydrogen) atoms. The van der Waals surface area contributed by atoms with Gasteiger partial charge in [0.1, 0.15) is 0 Å². The van der Waals surface area contributed by atoms with E-state index in [0.29, 0.717) is 38.2 Å². The van der Waals surface area contributed by atoms with Crippen molar-refractivity contribution < 1.29 is 14.2 Å². The van der Waals surface area contributed by atoms with E-state index < -0.39 is 0 Å². The van der Waals surface area contributed by atoms with Crippen LogP contribution in [0, 0.1) is 6.92 Å². The van der Waals surface area contributed by atoms with Crippen LogP contribution in [0.3, 0.4) is 0 Å². The highest BCUT2D eigenvalue weighted by atomic mass is 35.5. The highest BCUT2D eigenvalue weighted by Crippen LogP contribution is 2.14. The van der Waals surface area contributed by atoms with Crippen molar-refractivity contribution >= 4 is 11.6 Å². The van der Waals surface area contributed by atoms with Crippen molar-refractivity contribution in [2.45, 2.75) is 19.2 Å². The van der Waals surface area contributed by atoms with Crippen molar-refractivity contribution in [2.24, 2.45) is 0 Å². The van der Waals surface area contributed by atoms with Gasteiger partial charge < -0.3 is 14.2 Å². The minimum absolute atomic E-state index is 0.479. The monoisotopic (exact) mass is 273 g/mol. The minimum Gasteiger partial charge on any atom is -0.478 e. The molecule has 0 aliphatic heterocycles. The molecule has 0 saturated carbocycles. The summed E-state index contributed by atoms with van der Waals surface area (Å²) in [5.74, 6) is 1.12. The van der Waals surface area contributed by atoms with E-state index in [2.05, 4.69) is 4.98 Å². The first kappa shape index (κ1) is 15.2. The molecule has 0 unspecified atom stereocenters. The summed E-state index contributed by atoms with van der Waals surface area (Å²) in [4.78, 5) is 4.32. The molecule has 102 valence electrons. The Kier molecular flexibility index (Phi) is 7.73. The number of alkyl halides is 1. The Balaban J connectivity index is 2.17. The van der Waals surface area contributed by atoms with E-state index in [-0.39, 0.29) is 0 Å². The number of ether oxygens (including phenoxy) is 3. The molecular formula is C13H20ClNO3. The van der Waals surface area contributed by atoms with Gasteiger partial charge in [0.2, 0.25) is 5.88 Å². The molecule has 1 heterocycles. The Labute approximate surface area is 113 Å². The van der Waals surface area contributed by atoms with Crippen LogP contribution in [0.5, 0.6) is 5.88 Å². The van der Waals surface area contributed by atoms with Crippen LogP contribution in [0.2, 0.25) is 0 Å². The van der Waals surface area contributed by atoms with Crippen molar-refractivity contribution in [1.82, 2.24) is 4.98 Å². The molecule has 0 radical (unpaired) electrons. The number of methoxy groups -OCH3 is 1. The molecule has 4 nitrogen and oxygen atoms in total. The summed E-state index contributed by atoms with van der Waals surface area (Å²) in [5, 5.41) is 0. The number of halogens is 1. The van der Waals surface area contributed by atoms with Crippen LogP contribution in [0.25, 0.3) is 0 Å². The summed E-state index contributed by atoms with van der Waals surface area (Å²) in [6, 6.07) is 3.79. The molecule has 0 saturated heterocycles. The van der Waals surface area contributed by atoms with Crippen LogP contribution < -0.4 is 4.74 Å². The van der Waals surface area contributed by atoms with Gasteiger partial charge in [0.25, 0.3) is 0 Å². The van der Waals surface area contributed by atoms with Gasteiger partial charge in [-0.15, -0.1) is 11.6 Å². The van der Waals surface area contributed by atoms with Crippen molar-refractivity contribution in [3.05, 3.63) is 23.4 Å². The Bertz CT molecular complexity index is 347. The zero-order chi connectivity index (χ0) is 13.2. The zero-order valence-corrected chi connectivity index (χ0v) is 11.7. The number of aromatic nitrogens is 1. The molecule has 0 atom stereocenters. The van der Waals surface area contributed by atoms with E-state index in [4.69, 9.17) is 25.8 Å². The zero-order valence-electron chi connectivity index (χ0n) is 10.9. The van der Waals surface area contributed by atoms with Gasteiger partial charge in [0, 0.05) is 37.8 Å². The molecule has 1 rings (SSSR count). The first-order chi connectivity index (χ1) is 8.77. The lowest BCUT2D eigenvalue weighted by molar-refractivity contribution is 0.0642. The van der Waals surface area contributed by atoms with Gasteiger partial charge in [-0.2, -0.15) is 0 Å². The van der Waals surface area contributed by atoms with Gasteiger partial charge in [-0.25, -0.2) is 4.98 Å². The van der Waals surface area contributed by atoms with Crippen LogP contribution in [-0.2, 0) is 15.4 Å². The normalized spacial score (nSPS) is 10.6. The van der Waals surface area contributed by atoms with Crippen molar-refractivity contribution in [3.63, 3.8) is 0 Å². The van der Waals surface area contributed by atoms with Gasteiger partial charge in [0.05, 0.1) is 19.8 Å². The number of aryl methyl sites for hydroxylation is 1. The average molecular weight is 274 g/mol. The Morgan fingerprint density at radius 2 is 2.00 bits per heavy atom. The van der Waals surface area contributed by atoms with Crippen molar-refractivity contribution in [1.29, 1.82) is 0 Å². The average Bonchev–Trinajstić information content (AvgIpc) is 2.38. The maximum Gasteiger partial charge on any atom is 0.213 e. The second-order valence-corrected chi connectivity index (χ2v) is 4.10. The Hall–Kier alpha value is -0.840. The van der Waals surface area contributed by atoms with Crippen LogP contribution in [0.1, 0.15) is 17.7 Å². The Morgan fingerprint density at radius 3 is 2.67 bits per heavy atom. The van der Waals surface area contributed by atoms with Gasteiger partial charge in [-0.3, -0.25) is 0 Å². The lowest BCUT2D eigenvalue weighted by atomic mass is 10.2. The molecular weight excluding hydrogens is 254 g/mol. The number of hydrogen-bond donors (Lipinski definition) is 0. The molecule has 0 spiro atoms. The third-order valence-corrected chi connectivity index (χ3v) is 2.72. The van der Waals surface area contributed by atoms with E-state index in [9.17, 15) is 0 Å². The van der Waals surface area contributed by atoms with Gasteiger partial charge >= 0.3 is 0 Å². The van der Waals surface area contributed by atoms with Crippen molar-refractivity contribution in [3.8, 4) is 5.88 Å². The molecule has 1 aromatic heterocycles. The SMILES string of the molecule is COCCOCCCOc1ccc(CCl)c(C)n1. The number of nitrogens with zero attached hydrogens (tertiary/aromatic N) is 1. The van der Waals surface area contributed by atoms with Gasteiger partial charge in [-0.1, -0.05) is 6.07 Å². The van der Waals surface area contributed by atoms with E-state index in [0.717, 1.165) is 17.7 Å². The topological polar surface area (TPSA) is 40.6 Å². The molecule has 0 bridgehead atoms. The predicted molar refractivity (Wildman–Crippen MR) is 71.3 cm³/mol. The highest BCUT2D eigenvalue weighted by Gasteiger charge is 2.01. The number of hydrogen-bond acceptors (Lipinski definition) is 4. The van der Waals surface area contributed by atoms with Crippen LogP contribution in [0.4, 0.5) is 0 Å². The van der Waals surface area contributed by atoms with E-state index in [1.807, 2.05) is 19.1 Å². The van der Waals surface area contributed by atoms with Crippen LogP contribution in [-0.4, -0.2) is 38.5 Å². The molecule has 0 aromatic carbocycles. The first-order valence-electron chi connectivity index (χ1n) is 6.00. The first-order valence-corrected chi connectivity index (χ1v) is 6.53. The second kappa shape index (κ2) is 9.14. The summed E-state index contributed by atoms with van der Waals surface area (Å²) < 4.78 is 15.7. The summed E-state index contributed by atoms with van der Waals surface area (Å²) in [7, 11) is 1.66. The summed E-state index contributed by atoms with van der Waals surface area (Å²) in [6.45, 7) is 4.44. The third-order valence-electron chi connectivity index (χ3n) is 2.43. The largest absolute Gasteiger partial charge is 0.478 e. The summed E-state index contributed by atoms with van der Waals surface area (Å²) in [5.41, 5.74) is 1.95. The molecule has 0 amide bonds. The second-order valence-electron chi connectivity index (χ2n) is 3.83. The molecule has 0 aliphatic rings. The molecule has 0 fully saturated rings. The minimum atomic E-state index is 0.479. The van der Waals surface area contributed by atoms with E-state index in [1.54, 1.807) is 7.11 Å². The smallest absolute Gasteiger partial charge is 0.213 e. The standard InChI is InChI=1S/C13H20ClNO3/c1-11-12(10-14)4-5-13(15-11)18-7-3-6-17-9-8-16-2/h4-5H,3,6-10H2,1-2H3. The molecule has 0 N–H and O–H groups in total. The number of rotatable bonds is 9. The van der Waals surface area contributed by atoms with Gasteiger partial charge in [0.15, 0.2) is 0 Å². The maximum absolute atomic E-state index is 5.76. The molecule has 5 heteroatoms. The van der Waals surface area contributed by atoms with Crippen LogP contribution >= 0.6 is 11.6 Å². The number of pyridine rings is 1. The van der Waals surface area contributed by atoms with Crippen molar-refractivity contribution in [2.75, 3.05) is 33.5 Å². The lowest BCUT2D eigenvalue weighted by Crippen LogP contribution is -2.07. The highest BCUT2D eigenvalue weighted by molar-refractivity contribution is 6.17. The molecule has 0 aliphatic carbocycles. The van der Waals surface area contributed by atoms with Gasteiger partial charge in [-0.05, 0) is 12.5 Å². The molecule has 1 aromatic rings. The predicted octanol–water partition coefficient (Wildman–Crippen LogP) is 2.56. The van der Waals surface area contributed by atoms with Crippen LogP contribution in [0.15, 0.2) is 12.1 Å².